The summed E-state index contributed by atoms with van der Waals surface area (Å²) in [6, 6.07) is 7.85. The van der Waals surface area contributed by atoms with Gasteiger partial charge in [-0.25, -0.2) is 0 Å². The highest BCUT2D eigenvalue weighted by atomic mass is 35.5. The van der Waals surface area contributed by atoms with Gasteiger partial charge in [0.15, 0.2) is 0 Å². The van der Waals surface area contributed by atoms with Crippen molar-refractivity contribution in [1.29, 1.82) is 0 Å². The second kappa shape index (κ2) is 4.72. The molecule has 0 unspecified atom stereocenters. The minimum absolute atomic E-state index is 0.703. The number of anilines is 2. The van der Waals surface area contributed by atoms with Crippen LogP contribution in [0.3, 0.4) is 0 Å². The van der Waals surface area contributed by atoms with Crippen LogP contribution in [0.5, 0.6) is 0 Å². The van der Waals surface area contributed by atoms with Crippen LogP contribution >= 0.6 is 11.6 Å². The van der Waals surface area contributed by atoms with Crippen molar-refractivity contribution >= 4 is 23.0 Å². The molecule has 4 heteroatoms. The molecule has 0 fully saturated rings. The lowest BCUT2D eigenvalue weighted by Crippen LogP contribution is -2.18. The normalized spacial score (nSPS) is 10.5. The third kappa shape index (κ3) is 2.56. The van der Waals surface area contributed by atoms with Gasteiger partial charge in [0.1, 0.15) is 0 Å². The number of rotatable bonds is 3. The van der Waals surface area contributed by atoms with E-state index in [0.29, 0.717) is 10.7 Å². The number of nitrogen functional groups attached to an aromatic ring is 1. The van der Waals surface area contributed by atoms with Gasteiger partial charge in [0.2, 0.25) is 0 Å². The molecule has 2 aromatic rings. The maximum Gasteiger partial charge on any atom is 0.0604 e. The monoisotopic (exact) mass is 249 g/mol. The van der Waals surface area contributed by atoms with Crippen molar-refractivity contribution in [2.45, 2.75) is 13.5 Å². The lowest BCUT2D eigenvalue weighted by atomic mass is 10.1. The molecule has 0 spiro atoms. The van der Waals surface area contributed by atoms with Crippen molar-refractivity contribution in [1.82, 2.24) is 4.98 Å². The molecule has 0 atom stereocenters. The molecule has 0 radical (unpaired) electrons. The van der Waals surface area contributed by atoms with Gasteiger partial charge in [-0.2, -0.15) is 0 Å². The lowest BCUT2D eigenvalue weighted by molar-refractivity contribution is 0.895. The number of nitrogens with zero attached hydrogens (tertiary/aromatic N) is 1. The van der Waals surface area contributed by atoms with E-state index in [4.69, 9.17) is 17.3 Å². The first-order valence-electron chi connectivity index (χ1n) is 5.47. The van der Waals surface area contributed by atoms with Gasteiger partial charge in [0, 0.05) is 24.0 Å². The predicted molar refractivity (Wildman–Crippen MR) is 73.5 cm³/mol. The Kier molecular flexibility index (Phi) is 3.29. The van der Waals surface area contributed by atoms with E-state index in [-0.39, 0.29) is 0 Å². The highest BCUT2D eigenvalue weighted by Gasteiger charge is 2.09. The van der Waals surface area contributed by atoms with Crippen LogP contribution in [0.25, 0.3) is 0 Å². The first-order valence-corrected chi connectivity index (χ1v) is 5.84. The fraction of sp³-hybridized carbons (Fsp3) is 0.231. The van der Waals surface area contributed by atoms with Crippen molar-refractivity contribution in [3.8, 4) is 0 Å². The summed E-state index contributed by atoms with van der Waals surface area (Å²) in [5.74, 6) is 0. The third-order valence-electron chi connectivity index (χ3n) is 2.79. The molecule has 3 nitrogen and oxygen atoms in total. The number of hydrogen-bond acceptors (Lipinski definition) is 2. The minimum atomic E-state index is 0.703. The first-order chi connectivity index (χ1) is 8.08. The quantitative estimate of drug-likeness (QED) is 0.821. The van der Waals surface area contributed by atoms with Crippen LogP contribution in [0.15, 0.2) is 30.5 Å². The summed E-state index contributed by atoms with van der Waals surface area (Å²) in [7, 11) is 2.01. The van der Waals surface area contributed by atoms with Crippen molar-refractivity contribution in [2.24, 2.45) is 0 Å². The maximum atomic E-state index is 6.03. The molecule has 0 amide bonds. The van der Waals surface area contributed by atoms with Gasteiger partial charge in [-0.15, -0.1) is 0 Å². The van der Waals surface area contributed by atoms with Crippen molar-refractivity contribution in [3.63, 3.8) is 0 Å². The summed E-state index contributed by atoms with van der Waals surface area (Å²) in [6.45, 7) is 2.77. The topological polar surface area (TPSA) is 45.0 Å². The zero-order chi connectivity index (χ0) is 12.4. The van der Waals surface area contributed by atoms with Gasteiger partial charge in [-0.05, 0) is 36.8 Å². The number of aromatic amines is 1. The van der Waals surface area contributed by atoms with Gasteiger partial charge >= 0.3 is 0 Å². The molecule has 1 heterocycles. The summed E-state index contributed by atoms with van der Waals surface area (Å²) in [5, 5.41) is 0.708. The van der Waals surface area contributed by atoms with Crippen LogP contribution in [-0.2, 0) is 6.54 Å². The standard InChI is InChI=1S/C13H16ClN3/c1-9-6-13(12(15)7-11(9)14)17(2)8-10-4-3-5-16-10/h3-7,16H,8,15H2,1-2H3. The largest absolute Gasteiger partial charge is 0.397 e. The summed E-state index contributed by atoms with van der Waals surface area (Å²) in [6.07, 6.45) is 1.92. The Labute approximate surface area is 106 Å². The number of H-pyrrole nitrogens is 1. The average Bonchev–Trinajstić information content (AvgIpc) is 2.76. The Morgan fingerprint density at radius 3 is 2.82 bits per heavy atom. The molecule has 1 aromatic carbocycles. The molecule has 0 aliphatic rings. The number of benzene rings is 1. The second-order valence-electron chi connectivity index (χ2n) is 4.21. The zero-order valence-corrected chi connectivity index (χ0v) is 10.8. The second-order valence-corrected chi connectivity index (χ2v) is 4.62. The van der Waals surface area contributed by atoms with E-state index in [1.165, 1.54) is 0 Å². The van der Waals surface area contributed by atoms with Crippen LogP contribution in [0.2, 0.25) is 5.02 Å². The van der Waals surface area contributed by atoms with Gasteiger partial charge in [-0.3, -0.25) is 0 Å². The van der Waals surface area contributed by atoms with Gasteiger partial charge < -0.3 is 15.6 Å². The number of nitrogens with one attached hydrogen (secondary N) is 1. The highest BCUT2D eigenvalue weighted by Crippen LogP contribution is 2.29. The Bertz CT molecular complexity index is 506. The molecule has 0 bridgehead atoms. The molecular weight excluding hydrogens is 234 g/mol. The molecule has 0 aliphatic carbocycles. The van der Waals surface area contributed by atoms with Crippen LogP contribution in [0, 0.1) is 6.92 Å². The number of nitrogens with two attached hydrogens (primary N) is 1. The molecule has 17 heavy (non-hydrogen) atoms. The van der Waals surface area contributed by atoms with Crippen LogP contribution in [0.1, 0.15) is 11.3 Å². The Hall–Kier alpha value is -1.61. The molecule has 0 saturated heterocycles. The fourth-order valence-electron chi connectivity index (χ4n) is 1.82. The molecule has 0 aliphatic heterocycles. The Balaban J connectivity index is 2.24. The SMILES string of the molecule is Cc1cc(N(C)Cc2ccc[nH]2)c(N)cc1Cl. The van der Waals surface area contributed by atoms with E-state index in [2.05, 4.69) is 16.0 Å². The molecule has 1 aromatic heterocycles. The van der Waals surface area contributed by atoms with Gasteiger partial charge in [0.25, 0.3) is 0 Å². The highest BCUT2D eigenvalue weighted by molar-refractivity contribution is 6.31. The van der Waals surface area contributed by atoms with Crippen LogP contribution < -0.4 is 10.6 Å². The minimum Gasteiger partial charge on any atom is -0.397 e. The predicted octanol–water partition coefficient (Wildman–Crippen LogP) is 3.20. The lowest BCUT2D eigenvalue weighted by Gasteiger charge is -2.21. The smallest absolute Gasteiger partial charge is 0.0604 e. The first kappa shape index (κ1) is 11.9. The number of hydrogen-bond donors (Lipinski definition) is 2. The maximum absolute atomic E-state index is 6.03. The van der Waals surface area contributed by atoms with E-state index in [0.717, 1.165) is 23.5 Å². The summed E-state index contributed by atoms with van der Waals surface area (Å²) in [4.78, 5) is 5.28. The van der Waals surface area contributed by atoms with Crippen molar-refractivity contribution in [3.05, 3.63) is 46.7 Å². The van der Waals surface area contributed by atoms with Crippen molar-refractivity contribution in [2.75, 3.05) is 17.7 Å². The Morgan fingerprint density at radius 2 is 2.18 bits per heavy atom. The van der Waals surface area contributed by atoms with Crippen LogP contribution in [-0.4, -0.2) is 12.0 Å². The van der Waals surface area contributed by atoms with E-state index >= 15 is 0 Å². The third-order valence-corrected chi connectivity index (χ3v) is 3.20. The molecule has 2 rings (SSSR count). The van der Waals surface area contributed by atoms with E-state index in [9.17, 15) is 0 Å². The summed E-state index contributed by atoms with van der Waals surface area (Å²) in [5.41, 5.74) is 9.88. The fourth-order valence-corrected chi connectivity index (χ4v) is 1.99. The van der Waals surface area contributed by atoms with E-state index < -0.39 is 0 Å². The van der Waals surface area contributed by atoms with Gasteiger partial charge in [-0.1, -0.05) is 11.6 Å². The molecular formula is C13H16ClN3. The zero-order valence-electron chi connectivity index (χ0n) is 10.00. The molecule has 90 valence electrons. The van der Waals surface area contributed by atoms with E-state index in [1.807, 2.05) is 32.3 Å². The number of halogens is 1. The molecule has 3 N–H and O–H groups in total. The number of aromatic nitrogens is 1. The summed E-state index contributed by atoms with van der Waals surface area (Å²) >= 11 is 6.03. The van der Waals surface area contributed by atoms with E-state index in [1.54, 1.807) is 6.07 Å². The summed E-state index contributed by atoms with van der Waals surface area (Å²) < 4.78 is 0. The van der Waals surface area contributed by atoms with Gasteiger partial charge in [0.05, 0.1) is 17.9 Å². The Morgan fingerprint density at radius 1 is 1.41 bits per heavy atom. The van der Waals surface area contributed by atoms with Crippen molar-refractivity contribution < 1.29 is 0 Å². The molecule has 0 saturated carbocycles. The van der Waals surface area contributed by atoms with Crippen LogP contribution in [0.4, 0.5) is 11.4 Å². The average molecular weight is 250 g/mol. The number of aryl methyl sites for hydroxylation is 1.